The van der Waals surface area contributed by atoms with Crippen LogP contribution < -0.4 is 10.6 Å². The van der Waals surface area contributed by atoms with Crippen molar-refractivity contribution in [2.45, 2.75) is 12.8 Å². The van der Waals surface area contributed by atoms with Gasteiger partial charge in [0.05, 0.1) is 13.2 Å². The number of nitrogens with zero attached hydrogens (tertiary/aromatic N) is 1. The lowest BCUT2D eigenvalue weighted by molar-refractivity contribution is -0.121. The molecule has 0 aromatic rings. The Bertz CT molecular complexity index is 314. The highest BCUT2D eigenvalue weighted by Crippen LogP contribution is 2.14. The third-order valence-electron chi connectivity index (χ3n) is 3.04. The molecule has 0 aromatic carbocycles. The lowest BCUT2D eigenvalue weighted by Gasteiger charge is -2.28. The van der Waals surface area contributed by atoms with Crippen molar-refractivity contribution in [1.29, 1.82) is 0 Å². The van der Waals surface area contributed by atoms with Crippen LogP contribution in [0.1, 0.15) is 12.8 Å². The zero-order chi connectivity index (χ0) is 14.1. The van der Waals surface area contributed by atoms with Crippen molar-refractivity contribution in [2.75, 3.05) is 39.9 Å². The van der Waals surface area contributed by atoms with E-state index in [0.29, 0.717) is 26.2 Å². The lowest BCUT2D eigenvalue weighted by Crippen LogP contribution is -2.46. The molecule has 1 rings (SSSR count). The fraction of sp³-hybridized carbons (Fsp3) is 0.750. The molecule has 108 valence electrons. The van der Waals surface area contributed by atoms with E-state index in [1.165, 1.54) is 7.11 Å². The van der Waals surface area contributed by atoms with Crippen LogP contribution in [0, 0.1) is 5.92 Å². The Balaban J connectivity index is 2.17. The molecule has 1 aliphatic rings. The Morgan fingerprint density at radius 2 is 2.05 bits per heavy atom. The number of carbonyl (C=O) groups excluding carboxylic acids is 3. The fourth-order valence-electron chi connectivity index (χ4n) is 1.93. The SMILES string of the molecule is COCCNC(=O)NC(=O)CN1CCC(C=O)CC1. The summed E-state index contributed by atoms with van der Waals surface area (Å²) in [7, 11) is 1.54. The third kappa shape index (κ3) is 6.30. The summed E-state index contributed by atoms with van der Waals surface area (Å²) in [5.74, 6) is -0.226. The number of nitrogens with one attached hydrogen (secondary N) is 2. The quantitative estimate of drug-likeness (QED) is 0.496. The van der Waals surface area contributed by atoms with Gasteiger partial charge in [-0.25, -0.2) is 4.79 Å². The van der Waals surface area contributed by atoms with Crippen LogP contribution in [0.15, 0.2) is 0 Å². The van der Waals surface area contributed by atoms with Crippen molar-refractivity contribution >= 4 is 18.2 Å². The summed E-state index contributed by atoms with van der Waals surface area (Å²) in [6, 6.07) is -0.509. The second-order valence-corrected chi connectivity index (χ2v) is 4.55. The van der Waals surface area contributed by atoms with Crippen molar-refractivity contribution in [3.63, 3.8) is 0 Å². The number of rotatable bonds is 6. The van der Waals surface area contributed by atoms with Crippen LogP contribution in [-0.4, -0.2) is 63.0 Å². The molecular weight excluding hydrogens is 250 g/mol. The minimum absolute atomic E-state index is 0.108. The van der Waals surface area contributed by atoms with E-state index in [9.17, 15) is 14.4 Å². The Hall–Kier alpha value is -1.47. The van der Waals surface area contributed by atoms with E-state index >= 15 is 0 Å². The van der Waals surface area contributed by atoms with Crippen LogP contribution in [0.4, 0.5) is 4.79 Å². The zero-order valence-electron chi connectivity index (χ0n) is 11.2. The maximum Gasteiger partial charge on any atom is 0.321 e. The van der Waals surface area contributed by atoms with Gasteiger partial charge in [-0.2, -0.15) is 0 Å². The van der Waals surface area contributed by atoms with Crippen LogP contribution in [0.25, 0.3) is 0 Å². The molecule has 0 spiro atoms. The Morgan fingerprint density at radius 1 is 1.37 bits per heavy atom. The van der Waals surface area contributed by atoms with Gasteiger partial charge < -0.3 is 14.8 Å². The molecule has 1 aliphatic heterocycles. The maximum atomic E-state index is 11.6. The summed E-state index contributed by atoms with van der Waals surface area (Å²) in [6.45, 7) is 2.37. The molecule has 1 fully saturated rings. The van der Waals surface area contributed by atoms with Crippen LogP contribution in [-0.2, 0) is 14.3 Å². The monoisotopic (exact) mass is 271 g/mol. The molecule has 0 aliphatic carbocycles. The molecule has 2 N–H and O–H groups in total. The second kappa shape index (κ2) is 8.60. The van der Waals surface area contributed by atoms with Gasteiger partial charge in [0, 0.05) is 19.6 Å². The molecule has 7 nitrogen and oxygen atoms in total. The molecular formula is C12H21N3O4. The van der Waals surface area contributed by atoms with E-state index in [4.69, 9.17) is 4.74 Å². The molecule has 7 heteroatoms. The summed E-state index contributed by atoms with van der Waals surface area (Å²) in [5, 5.41) is 4.76. The average Bonchev–Trinajstić information content (AvgIpc) is 2.39. The largest absolute Gasteiger partial charge is 0.383 e. The standard InChI is InChI=1S/C12H21N3O4/c1-19-7-4-13-12(18)14-11(17)8-15-5-2-10(9-16)3-6-15/h9-10H,2-8H2,1H3,(H2,13,14,17,18). The number of hydrogen-bond donors (Lipinski definition) is 2. The van der Waals surface area contributed by atoms with E-state index in [1.54, 1.807) is 0 Å². The minimum atomic E-state index is -0.509. The summed E-state index contributed by atoms with van der Waals surface area (Å²) in [5.41, 5.74) is 0. The Labute approximate surface area is 112 Å². The number of urea groups is 1. The minimum Gasteiger partial charge on any atom is -0.383 e. The molecule has 19 heavy (non-hydrogen) atoms. The smallest absolute Gasteiger partial charge is 0.321 e. The average molecular weight is 271 g/mol. The number of imide groups is 1. The van der Waals surface area contributed by atoms with Crippen LogP contribution in [0.3, 0.4) is 0 Å². The second-order valence-electron chi connectivity index (χ2n) is 4.55. The van der Waals surface area contributed by atoms with E-state index in [2.05, 4.69) is 10.6 Å². The first kappa shape index (κ1) is 15.6. The topological polar surface area (TPSA) is 87.7 Å². The van der Waals surface area contributed by atoms with Crippen LogP contribution >= 0.6 is 0 Å². The highest BCUT2D eigenvalue weighted by Gasteiger charge is 2.20. The van der Waals surface area contributed by atoms with Crippen LogP contribution in [0.5, 0.6) is 0 Å². The number of hydrogen-bond acceptors (Lipinski definition) is 5. The number of piperidine rings is 1. The molecule has 1 heterocycles. The third-order valence-corrected chi connectivity index (χ3v) is 3.04. The van der Waals surface area contributed by atoms with E-state index in [0.717, 1.165) is 19.1 Å². The maximum absolute atomic E-state index is 11.6. The van der Waals surface area contributed by atoms with Gasteiger partial charge in [0.15, 0.2) is 0 Å². The summed E-state index contributed by atoms with van der Waals surface area (Å²) < 4.78 is 4.78. The molecule has 0 bridgehead atoms. The summed E-state index contributed by atoms with van der Waals surface area (Å²) in [4.78, 5) is 35.4. The summed E-state index contributed by atoms with van der Waals surface area (Å²) >= 11 is 0. The number of amides is 3. The van der Waals surface area contributed by atoms with E-state index < -0.39 is 6.03 Å². The first-order valence-corrected chi connectivity index (χ1v) is 6.40. The number of aldehydes is 1. The fourth-order valence-corrected chi connectivity index (χ4v) is 1.93. The van der Waals surface area contributed by atoms with Gasteiger partial charge in [-0.1, -0.05) is 0 Å². The van der Waals surface area contributed by atoms with Crippen molar-refractivity contribution in [2.24, 2.45) is 5.92 Å². The van der Waals surface area contributed by atoms with Crippen molar-refractivity contribution in [3.8, 4) is 0 Å². The molecule has 0 aromatic heterocycles. The number of methoxy groups -OCH3 is 1. The molecule has 0 saturated carbocycles. The van der Waals surface area contributed by atoms with Crippen molar-refractivity contribution in [1.82, 2.24) is 15.5 Å². The molecule has 0 unspecified atom stereocenters. The van der Waals surface area contributed by atoms with Gasteiger partial charge >= 0.3 is 6.03 Å². The van der Waals surface area contributed by atoms with Gasteiger partial charge in [-0.05, 0) is 25.9 Å². The van der Waals surface area contributed by atoms with E-state index in [1.807, 2.05) is 4.90 Å². The first-order valence-electron chi connectivity index (χ1n) is 6.40. The molecule has 1 saturated heterocycles. The highest BCUT2D eigenvalue weighted by atomic mass is 16.5. The van der Waals surface area contributed by atoms with Gasteiger partial charge in [0.2, 0.25) is 5.91 Å². The Kier molecular flexibility index (Phi) is 7.06. The lowest BCUT2D eigenvalue weighted by atomic mass is 9.99. The number of carbonyl (C=O) groups is 3. The first-order chi connectivity index (χ1) is 9.15. The number of ether oxygens (including phenoxy) is 1. The number of likely N-dealkylation sites (tertiary alicyclic amines) is 1. The molecule has 0 radical (unpaired) electrons. The molecule has 3 amide bonds. The normalized spacial score (nSPS) is 16.9. The van der Waals surface area contributed by atoms with Gasteiger partial charge in [0.25, 0.3) is 0 Å². The van der Waals surface area contributed by atoms with Gasteiger partial charge in [0.1, 0.15) is 6.29 Å². The van der Waals surface area contributed by atoms with Crippen LogP contribution in [0.2, 0.25) is 0 Å². The van der Waals surface area contributed by atoms with Gasteiger partial charge in [-0.15, -0.1) is 0 Å². The predicted molar refractivity (Wildman–Crippen MR) is 68.6 cm³/mol. The van der Waals surface area contributed by atoms with Crippen molar-refractivity contribution < 1.29 is 19.1 Å². The van der Waals surface area contributed by atoms with E-state index in [-0.39, 0.29) is 18.4 Å². The highest BCUT2D eigenvalue weighted by molar-refractivity contribution is 5.95. The Morgan fingerprint density at radius 3 is 2.63 bits per heavy atom. The van der Waals surface area contributed by atoms with Gasteiger partial charge in [-0.3, -0.25) is 15.0 Å². The molecule has 0 atom stereocenters. The van der Waals surface area contributed by atoms with Crippen molar-refractivity contribution in [3.05, 3.63) is 0 Å². The summed E-state index contributed by atoms with van der Waals surface area (Å²) in [6.07, 6.45) is 2.52. The predicted octanol–water partition coefficient (Wildman–Crippen LogP) is -0.630. The zero-order valence-corrected chi connectivity index (χ0v) is 11.2.